The molecule has 0 aliphatic heterocycles. The van der Waals surface area contributed by atoms with Gasteiger partial charge in [-0.05, 0) is 12.5 Å². The summed E-state index contributed by atoms with van der Waals surface area (Å²) in [6, 6.07) is 3.03. The molecule has 0 saturated heterocycles. The largest absolute Gasteiger partial charge is 0.396 e. The molecule has 0 spiro atoms. The standard InChI is InChI=1S/C15H18F2N4O2S2/c16-11-2-3-12(13(17)6-11)15(23,7-21-10-18-9-20-21)8-25-14(24)19-4-1-5-22/h2-3,6,9-10,22-23H,1,4-5,7-8H2,(H,19,24). The van der Waals surface area contributed by atoms with Gasteiger partial charge in [0.2, 0.25) is 0 Å². The van der Waals surface area contributed by atoms with Crippen molar-refractivity contribution in [2.45, 2.75) is 18.6 Å². The van der Waals surface area contributed by atoms with Gasteiger partial charge in [0.25, 0.3) is 0 Å². The van der Waals surface area contributed by atoms with Crippen LogP contribution in [-0.4, -0.2) is 48.2 Å². The minimum absolute atomic E-state index is 0.0281. The fourth-order valence-electron chi connectivity index (χ4n) is 2.16. The molecule has 1 unspecified atom stereocenters. The van der Waals surface area contributed by atoms with Gasteiger partial charge in [-0.25, -0.2) is 18.4 Å². The lowest BCUT2D eigenvalue weighted by molar-refractivity contribution is 0.0362. The third kappa shape index (κ3) is 5.70. The van der Waals surface area contributed by atoms with E-state index in [0.717, 1.165) is 23.9 Å². The third-order valence-electron chi connectivity index (χ3n) is 3.37. The van der Waals surface area contributed by atoms with E-state index in [2.05, 4.69) is 15.4 Å². The molecular formula is C15H18F2N4O2S2. The number of nitrogens with zero attached hydrogens (tertiary/aromatic N) is 3. The van der Waals surface area contributed by atoms with Crippen LogP contribution in [-0.2, 0) is 12.1 Å². The summed E-state index contributed by atoms with van der Waals surface area (Å²) in [4.78, 5) is 3.80. The Hall–Kier alpha value is -1.62. The topological polar surface area (TPSA) is 83.2 Å². The summed E-state index contributed by atoms with van der Waals surface area (Å²) in [5.74, 6) is -1.54. The van der Waals surface area contributed by atoms with Crippen LogP contribution < -0.4 is 5.32 Å². The molecular weight excluding hydrogens is 370 g/mol. The molecule has 10 heteroatoms. The van der Waals surface area contributed by atoms with E-state index in [0.29, 0.717) is 17.3 Å². The van der Waals surface area contributed by atoms with Gasteiger partial charge < -0.3 is 15.5 Å². The Morgan fingerprint density at radius 2 is 2.20 bits per heavy atom. The molecule has 0 aliphatic rings. The van der Waals surface area contributed by atoms with Crippen LogP contribution in [0, 0.1) is 11.6 Å². The van der Waals surface area contributed by atoms with Crippen molar-refractivity contribution in [3.05, 3.63) is 48.1 Å². The molecule has 6 nitrogen and oxygen atoms in total. The zero-order valence-corrected chi connectivity index (χ0v) is 14.9. The molecule has 25 heavy (non-hydrogen) atoms. The fraction of sp³-hybridized carbons (Fsp3) is 0.400. The number of hydrogen-bond acceptors (Lipinski definition) is 6. The van der Waals surface area contributed by atoms with Crippen molar-refractivity contribution in [3.63, 3.8) is 0 Å². The van der Waals surface area contributed by atoms with Crippen LogP contribution in [0.2, 0.25) is 0 Å². The second kappa shape index (κ2) is 9.18. The van der Waals surface area contributed by atoms with E-state index in [-0.39, 0.29) is 24.5 Å². The van der Waals surface area contributed by atoms with Crippen molar-refractivity contribution in [1.29, 1.82) is 0 Å². The number of benzene rings is 1. The predicted octanol–water partition coefficient (Wildman–Crippen LogP) is 1.43. The lowest BCUT2D eigenvalue weighted by atomic mass is 9.95. The zero-order valence-electron chi connectivity index (χ0n) is 13.2. The third-order valence-corrected chi connectivity index (χ3v) is 4.90. The second-order valence-electron chi connectivity index (χ2n) is 5.33. The number of aliphatic hydroxyl groups excluding tert-OH is 1. The molecule has 1 aromatic carbocycles. The molecule has 1 heterocycles. The SMILES string of the molecule is OCCCNC(=S)SCC(O)(Cn1cncn1)c1ccc(F)cc1F. The van der Waals surface area contributed by atoms with Gasteiger partial charge in [0.15, 0.2) is 0 Å². The fourth-order valence-corrected chi connectivity index (χ4v) is 3.26. The quantitative estimate of drug-likeness (QED) is 0.466. The van der Waals surface area contributed by atoms with Gasteiger partial charge in [-0.1, -0.05) is 30.0 Å². The second-order valence-corrected chi connectivity index (χ2v) is 6.98. The summed E-state index contributed by atoms with van der Waals surface area (Å²) < 4.78 is 29.2. The maximum atomic E-state index is 14.2. The van der Waals surface area contributed by atoms with Gasteiger partial charge in [-0.3, -0.25) is 0 Å². The molecule has 0 bridgehead atoms. The van der Waals surface area contributed by atoms with Gasteiger partial charge in [-0.2, -0.15) is 5.10 Å². The number of thiocarbonyl (C=S) groups is 1. The van der Waals surface area contributed by atoms with Crippen molar-refractivity contribution >= 4 is 28.3 Å². The number of hydrogen-bond donors (Lipinski definition) is 3. The van der Waals surface area contributed by atoms with Gasteiger partial charge in [0.05, 0.1) is 6.54 Å². The minimum atomic E-state index is -1.67. The first-order valence-electron chi connectivity index (χ1n) is 7.46. The summed E-state index contributed by atoms with van der Waals surface area (Å²) in [5.41, 5.74) is -1.71. The first-order valence-corrected chi connectivity index (χ1v) is 8.86. The van der Waals surface area contributed by atoms with Crippen LogP contribution in [0.1, 0.15) is 12.0 Å². The van der Waals surface area contributed by atoms with Crippen LogP contribution >= 0.6 is 24.0 Å². The molecule has 0 saturated carbocycles. The molecule has 0 aliphatic carbocycles. The van der Waals surface area contributed by atoms with Crippen LogP contribution in [0.5, 0.6) is 0 Å². The first kappa shape index (κ1) is 19.7. The van der Waals surface area contributed by atoms with E-state index in [9.17, 15) is 13.9 Å². The zero-order chi connectivity index (χ0) is 18.3. The highest BCUT2D eigenvalue weighted by atomic mass is 32.2. The van der Waals surface area contributed by atoms with E-state index in [1.165, 1.54) is 23.4 Å². The van der Waals surface area contributed by atoms with Crippen LogP contribution in [0.15, 0.2) is 30.9 Å². The van der Waals surface area contributed by atoms with Crippen LogP contribution in [0.3, 0.4) is 0 Å². The minimum Gasteiger partial charge on any atom is -0.396 e. The summed E-state index contributed by atoms with van der Waals surface area (Å²) in [6.45, 7) is 0.466. The number of thioether (sulfide) groups is 1. The molecule has 3 N–H and O–H groups in total. The average molecular weight is 388 g/mol. The predicted molar refractivity (Wildman–Crippen MR) is 95.0 cm³/mol. The molecule has 0 fully saturated rings. The monoisotopic (exact) mass is 388 g/mol. The maximum Gasteiger partial charge on any atom is 0.137 e. The van der Waals surface area contributed by atoms with Gasteiger partial charge in [0, 0.05) is 30.5 Å². The van der Waals surface area contributed by atoms with E-state index in [4.69, 9.17) is 17.3 Å². The van der Waals surface area contributed by atoms with Crippen LogP contribution in [0.4, 0.5) is 8.78 Å². The molecule has 136 valence electrons. The van der Waals surface area contributed by atoms with Crippen molar-refractivity contribution in [1.82, 2.24) is 20.1 Å². The molecule has 1 atom stereocenters. The normalized spacial score (nSPS) is 13.4. The average Bonchev–Trinajstić information content (AvgIpc) is 3.06. The number of halogens is 2. The molecule has 0 amide bonds. The van der Waals surface area contributed by atoms with Gasteiger partial charge in [-0.15, -0.1) is 0 Å². The summed E-state index contributed by atoms with van der Waals surface area (Å²) in [6.07, 6.45) is 3.24. The number of nitrogens with one attached hydrogen (secondary N) is 1. The highest BCUT2D eigenvalue weighted by Crippen LogP contribution is 2.30. The van der Waals surface area contributed by atoms with Crippen molar-refractivity contribution in [2.24, 2.45) is 0 Å². The Labute approximate surface area is 153 Å². The summed E-state index contributed by atoms with van der Waals surface area (Å²) in [5, 5.41) is 26.7. The summed E-state index contributed by atoms with van der Waals surface area (Å²) in [7, 11) is 0. The molecule has 1 aromatic heterocycles. The maximum absolute atomic E-state index is 14.2. The summed E-state index contributed by atoms with van der Waals surface area (Å²) >= 11 is 6.29. The Bertz CT molecular complexity index is 703. The molecule has 0 radical (unpaired) electrons. The van der Waals surface area contributed by atoms with Gasteiger partial charge in [0.1, 0.15) is 34.2 Å². The van der Waals surface area contributed by atoms with Crippen LogP contribution in [0.25, 0.3) is 0 Å². The number of rotatable bonds is 8. The van der Waals surface area contributed by atoms with E-state index >= 15 is 0 Å². The van der Waals surface area contributed by atoms with Gasteiger partial charge >= 0.3 is 0 Å². The Morgan fingerprint density at radius 3 is 2.84 bits per heavy atom. The molecule has 2 aromatic rings. The van der Waals surface area contributed by atoms with E-state index < -0.39 is 17.2 Å². The Kier molecular flexibility index (Phi) is 7.24. The molecule has 2 rings (SSSR count). The Balaban J connectivity index is 2.16. The number of aliphatic hydroxyl groups is 2. The van der Waals surface area contributed by atoms with E-state index in [1.54, 1.807) is 0 Å². The Morgan fingerprint density at radius 1 is 1.40 bits per heavy atom. The van der Waals surface area contributed by atoms with Crippen molar-refractivity contribution < 1.29 is 19.0 Å². The first-order chi connectivity index (χ1) is 11.9. The van der Waals surface area contributed by atoms with E-state index in [1.807, 2.05) is 0 Å². The van der Waals surface area contributed by atoms with Crippen molar-refractivity contribution in [3.8, 4) is 0 Å². The highest BCUT2D eigenvalue weighted by molar-refractivity contribution is 8.23. The van der Waals surface area contributed by atoms with Crippen molar-refractivity contribution in [2.75, 3.05) is 18.9 Å². The smallest absolute Gasteiger partial charge is 0.137 e. The lowest BCUT2D eigenvalue weighted by Crippen LogP contribution is -2.36. The highest BCUT2D eigenvalue weighted by Gasteiger charge is 2.34. The number of aromatic nitrogens is 3. The lowest BCUT2D eigenvalue weighted by Gasteiger charge is -2.28.